The number of hydrogen-bond acceptors (Lipinski definition) is 4. The molecule has 2 aromatic rings. The molecular weight excluding hydrogens is 382 g/mol. The number of aliphatic carboxylic acids is 1. The molecule has 0 spiro atoms. The fraction of sp³-hybridized carbons (Fsp3) is 0.381. The van der Waals surface area contributed by atoms with Gasteiger partial charge in [-0.3, -0.25) is 9.69 Å². The van der Waals surface area contributed by atoms with Crippen molar-refractivity contribution in [2.75, 3.05) is 13.1 Å². The van der Waals surface area contributed by atoms with E-state index in [4.69, 9.17) is 11.1 Å². The van der Waals surface area contributed by atoms with Crippen LogP contribution < -0.4 is 0 Å². The Morgan fingerprint density at radius 1 is 1.03 bits per heavy atom. The lowest BCUT2D eigenvalue weighted by molar-refractivity contribution is -0.138. The molecule has 9 heteroatoms. The third-order valence-electron chi connectivity index (χ3n) is 5.35. The summed E-state index contributed by atoms with van der Waals surface area (Å²) in [6.07, 6.45) is 0.962. The molecule has 3 rings (SSSR count). The Labute approximate surface area is 174 Å². The summed E-state index contributed by atoms with van der Waals surface area (Å²) < 4.78 is 0. The second kappa shape index (κ2) is 10.3. The van der Waals surface area contributed by atoms with E-state index >= 15 is 0 Å². The maximum absolute atomic E-state index is 11.3. The normalized spacial score (nSPS) is 18.8. The van der Waals surface area contributed by atoms with Crippen LogP contribution in [0.2, 0.25) is 0 Å². The van der Waals surface area contributed by atoms with Gasteiger partial charge < -0.3 is 5.11 Å². The molecule has 1 saturated heterocycles. The Kier molecular flexibility index (Phi) is 7.29. The summed E-state index contributed by atoms with van der Waals surface area (Å²) in [5.41, 5.74) is 20.8. The lowest BCUT2D eigenvalue weighted by Crippen LogP contribution is -2.39. The maximum Gasteiger partial charge on any atom is 0.303 e. The van der Waals surface area contributed by atoms with Gasteiger partial charge in [-0.1, -0.05) is 58.8 Å². The molecular formula is C21H23N7O2. The van der Waals surface area contributed by atoms with Crippen LogP contribution in [0.1, 0.15) is 35.4 Å². The van der Waals surface area contributed by atoms with E-state index in [0.717, 1.165) is 42.7 Å². The van der Waals surface area contributed by atoms with Crippen molar-refractivity contribution in [2.24, 2.45) is 16.1 Å². The Morgan fingerprint density at radius 3 is 2.37 bits per heavy atom. The molecule has 30 heavy (non-hydrogen) atoms. The zero-order valence-electron chi connectivity index (χ0n) is 16.5. The van der Waals surface area contributed by atoms with Crippen LogP contribution in [0.3, 0.4) is 0 Å². The number of likely N-dealkylation sites (tertiary alicyclic amines) is 1. The van der Waals surface area contributed by atoms with Crippen LogP contribution >= 0.6 is 0 Å². The van der Waals surface area contributed by atoms with Gasteiger partial charge in [-0.25, -0.2) is 0 Å². The third kappa shape index (κ3) is 5.99. The lowest BCUT2D eigenvalue weighted by atomic mass is 9.83. The first-order valence-electron chi connectivity index (χ1n) is 9.75. The summed E-state index contributed by atoms with van der Waals surface area (Å²) in [5.74, 6) is -0.489. The molecule has 0 amide bonds. The topological polar surface area (TPSA) is 138 Å². The molecule has 1 fully saturated rings. The van der Waals surface area contributed by atoms with Crippen molar-refractivity contribution in [3.8, 4) is 0 Å². The van der Waals surface area contributed by atoms with Gasteiger partial charge in [0.25, 0.3) is 0 Å². The first kappa shape index (κ1) is 21.2. The highest BCUT2D eigenvalue weighted by Crippen LogP contribution is 2.33. The average Bonchev–Trinajstić information content (AvgIpc) is 2.73. The molecule has 0 aliphatic carbocycles. The molecule has 1 N–H and O–H groups in total. The Hall–Kier alpha value is -3.51. The van der Waals surface area contributed by atoms with Crippen molar-refractivity contribution in [1.29, 1.82) is 0 Å². The minimum absolute atomic E-state index is 0.0716. The molecule has 1 heterocycles. The summed E-state index contributed by atoms with van der Waals surface area (Å²) in [6, 6.07) is 15.5. The second-order valence-electron chi connectivity index (χ2n) is 7.58. The van der Waals surface area contributed by atoms with Gasteiger partial charge in [0.05, 0.1) is 6.54 Å². The summed E-state index contributed by atoms with van der Waals surface area (Å²) in [4.78, 5) is 19.2. The van der Waals surface area contributed by atoms with E-state index in [-0.39, 0.29) is 18.3 Å². The van der Waals surface area contributed by atoms with E-state index in [2.05, 4.69) is 25.0 Å². The fourth-order valence-corrected chi connectivity index (χ4v) is 4.05. The molecule has 0 radical (unpaired) electrons. The number of carboxylic acids is 1. The number of azide groups is 2. The Bertz CT molecular complexity index is 962. The first-order valence-corrected chi connectivity index (χ1v) is 9.75. The molecule has 1 aliphatic heterocycles. The number of hydrogen-bond donors (Lipinski definition) is 1. The molecule has 0 bridgehead atoms. The summed E-state index contributed by atoms with van der Waals surface area (Å²) >= 11 is 0. The molecule has 154 valence electrons. The summed E-state index contributed by atoms with van der Waals surface area (Å²) in [7, 11) is 0. The van der Waals surface area contributed by atoms with Crippen molar-refractivity contribution in [3.05, 3.63) is 86.1 Å². The monoisotopic (exact) mass is 405 g/mol. The van der Waals surface area contributed by atoms with Gasteiger partial charge in [-0.2, -0.15) is 0 Å². The Balaban J connectivity index is 1.73. The average molecular weight is 405 g/mol. The fourth-order valence-electron chi connectivity index (χ4n) is 4.05. The van der Waals surface area contributed by atoms with Crippen molar-refractivity contribution in [1.82, 2.24) is 4.90 Å². The summed E-state index contributed by atoms with van der Waals surface area (Å²) in [6.45, 7) is 2.62. The Morgan fingerprint density at radius 2 is 1.73 bits per heavy atom. The van der Waals surface area contributed by atoms with Gasteiger partial charge >= 0.3 is 5.97 Å². The van der Waals surface area contributed by atoms with Crippen LogP contribution in [0.15, 0.2) is 58.8 Å². The largest absolute Gasteiger partial charge is 0.481 e. The van der Waals surface area contributed by atoms with Crippen LogP contribution in [0.25, 0.3) is 20.9 Å². The highest BCUT2D eigenvalue weighted by Gasteiger charge is 2.29. The standard InChI is InChI=1S/C21H23N7O2/c22-26-24-11-15-1-3-16(4-2-15)12-28-13-17(10-21(29)30)9-19(14-28)18-5-7-20(8-6-18)25-27-23/h1-8,17,19H,9-14H2,(H,29,30)/t17-,19+/m0/s1. The van der Waals surface area contributed by atoms with Crippen molar-refractivity contribution < 1.29 is 9.90 Å². The summed E-state index contributed by atoms with van der Waals surface area (Å²) in [5, 5.41) is 16.5. The highest BCUT2D eigenvalue weighted by atomic mass is 16.4. The second-order valence-corrected chi connectivity index (χ2v) is 7.58. The van der Waals surface area contributed by atoms with Gasteiger partial charge in [0.2, 0.25) is 0 Å². The van der Waals surface area contributed by atoms with Crippen LogP contribution in [-0.4, -0.2) is 29.1 Å². The molecule has 0 aromatic heterocycles. The molecule has 2 atom stereocenters. The van der Waals surface area contributed by atoms with Gasteiger partial charge in [-0.15, -0.1) is 0 Å². The number of carboxylic acid groups (broad SMARTS) is 1. The van der Waals surface area contributed by atoms with Crippen LogP contribution in [-0.2, 0) is 17.9 Å². The van der Waals surface area contributed by atoms with E-state index in [1.807, 2.05) is 36.4 Å². The molecule has 1 aliphatic rings. The maximum atomic E-state index is 11.3. The number of rotatable bonds is 8. The van der Waals surface area contributed by atoms with Gasteiger partial charge in [0, 0.05) is 41.6 Å². The highest BCUT2D eigenvalue weighted by molar-refractivity contribution is 5.67. The zero-order chi connectivity index (χ0) is 21.3. The van der Waals surface area contributed by atoms with E-state index in [9.17, 15) is 9.90 Å². The SMILES string of the molecule is [N-]=[N+]=NCc1ccc(CN2C[C@H](CC(=O)O)C[C@@H](c3ccc(N=[N+]=[N-])cc3)C2)cc1. The van der Waals surface area contributed by atoms with Crippen molar-refractivity contribution in [3.63, 3.8) is 0 Å². The predicted octanol–water partition coefficient (Wildman–Crippen LogP) is 5.52. The van der Waals surface area contributed by atoms with Gasteiger partial charge in [-0.05, 0) is 46.0 Å². The number of piperidine rings is 1. The number of carbonyl (C=O) groups is 1. The number of benzene rings is 2. The molecule has 0 unspecified atom stereocenters. The zero-order valence-corrected chi connectivity index (χ0v) is 16.5. The number of nitrogens with zero attached hydrogens (tertiary/aromatic N) is 7. The van der Waals surface area contributed by atoms with Gasteiger partial charge in [0.1, 0.15) is 0 Å². The quantitative estimate of drug-likeness (QED) is 0.351. The lowest BCUT2D eigenvalue weighted by Gasteiger charge is -2.37. The van der Waals surface area contributed by atoms with Crippen molar-refractivity contribution >= 4 is 11.7 Å². The van der Waals surface area contributed by atoms with Crippen molar-refractivity contribution in [2.45, 2.75) is 31.8 Å². The molecule has 2 aromatic carbocycles. The van der Waals surface area contributed by atoms with E-state index in [1.165, 1.54) is 0 Å². The van der Waals surface area contributed by atoms with E-state index in [1.54, 1.807) is 12.1 Å². The molecule has 0 saturated carbocycles. The van der Waals surface area contributed by atoms with Crippen LogP contribution in [0.4, 0.5) is 5.69 Å². The minimum Gasteiger partial charge on any atom is -0.481 e. The third-order valence-corrected chi connectivity index (χ3v) is 5.35. The predicted molar refractivity (Wildman–Crippen MR) is 113 cm³/mol. The molecule has 9 nitrogen and oxygen atoms in total. The van der Waals surface area contributed by atoms with E-state index < -0.39 is 5.97 Å². The minimum atomic E-state index is -0.776. The van der Waals surface area contributed by atoms with Gasteiger partial charge in [0.15, 0.2) is 0 Å². The first-order chi connectivity index (χ1) is 14.6. The van der Waals surface area contributed by atoms with E-state index in [0.29, 0.717) is 12.2 Å². The smallest absolute Gasteiger partial charge is 0.303 e. The van der Waals surface area contributed by atoms with Crippen LogP contribution in [0, 0.1) is 5.92 Å². The van der Waals surface area contributed by atoms with Crippen LogP contribution in [0.5, 0.6) is 0 Å².